The third-order valence-electron chi connectivity index (χ3n) is 3.06. The highest BCUT2D eigenvalue weighted by molar-refractivity contribution is 6.02. The molecular formula is C13H22O5. The molecule has 0 bridgehead atoms. The van der Waals surface area contributed by atoms with Gasteiger partial charge in [-0.1, -0.05) is 19.8 Å². The molecule has 5 heteroatoms. The Morgan fingerprint density at radius 2 is 1.78 bits per heavy atom. The molecule has 104 valence electrons. The lowest BCUT2D eigenvalue weighted by atomic mass is 9.75. The van der Waals surface area contributed by atoms with E-state index in [4.69, 9.17) is 9.84 Å². The van der Waals surface area contributed by atoms with Crippen LogP contribution < -0.4 is 0 Å². The lowest BCUT2D eigenvalue weighted by Gasteiger charge is -2.28. The van der Waals surface area contributed by atoms with Crippen LogP contribution in [0.3, 0.4) is 0 Å². The Labute approximate surface area is 108 Å². The largest absolute Gasteiger partial charge is 0.481 e. The van der Waals surface area contributed by atoms with Gasteiger partial charge in [0, 0.05) is 6.42 Å². The van der Waals surface area contributed by atoms with Gasteiger partial charge < -0.3 is 9.84 Å². The highest BCUT2D eigenvalue weighted by Gasteiger charge is 2.44. The second-order valence-electron chi connectivity index (χ2n) is 4.36. The summed E-state index contributed by atoms with van der Waals surface area (Å²) in [6, 6.07) is 0. The molecule has 0 rings (SSSR count). The minimum atomic E-state index is -1.29. The molecule has 0 aliphatic carbocycles. The molecule has 0 spiro atoms. The number of rotatable bonds is 9. The molecule has 1 atom stereocenters. The number of carboxylic acids is 1. The van der Waals surface area contributed by atoms with Gasteiger partial charge in [-0.2, -0.15) is 0 Å². The van der Waals surface area contributed by atoms with Crippen molar-refractivity contribution in [1.82, 2.24) is 0 Å². The van der Waals surface area contributed by atoms with E-state index in [-0.39, 0.29) is 25.2 Å². The van der Waals surface area contributed by atoms with E-state index in [1.807, 2.05) is 6.92 Å². The van der Waals surface area contributed by atoms with Crippen molar-refractivity contribution in [2.45, 2.75) is 52.9 Å². The monoisotopic (exact) mass is 258 g/mol. The number of aliphatic carboxylic acids is 1. The lowest BCUT2D eigenvalue weighted by molar-refractivity contribution is -0.161. The molecule has 18 heavy (non-hydrogen) atoms. The average Bonchev–Trinajstić information content (AvgIpc) is 2.29. The molecule has 0 aliphatic heterocycles. The van der Waals surface area contributed by atoms with Gasteiger partial charge in [0.2, 0.25) is 0 Å². The van der Waals surface area contributed by atoms with Gasteiger partial charge in [-0.25, -0.2) is 0 Å². The normalized spacial score (nSPS) is 13.7. The summed E-state index contributed by atoms with van der Waals surface area (Å²) in [6.45, 7) is 5.13. The van der Waals surface area contributed by atoms with Crippen molar-refractivity contribution in [3.63, 3.8) is 0 Å². The summed E-state index contributed by atoms with van der Waals surface area (Å²) in [5.41, 5.74) is -1.29. The predicted molar refractivity (Wildman–Crippen MR) is 66.1 cm³/mol. The first kappa shape index (κ1) is 16.6. The molecular weight excluding hydrogens is 236 g/mol. The van der Waals surface area contributed by atoms with Crippen LogP contribution in [-0.4, -0.2) is 29.4 Å². The second-order valence-corrected chi connectivity index (χ2v) is 4.36. The van der Waals surface area contributed by atoms with Crippen LogP contribution in [0.4, 0.5) is 0 Å². The van der Waals surface area contributed by atoms with Crippen LogP contribution in [0.15, 0.2) is 0 Å². The van der Waals surface area contributed by atoms with Crippen LogP contribution in [0.25, 0.3) is 0 Å². The number of esters is 1. The molecule has 5 nitrogen and oxygen atoms in total. The average molecular weight is 258 g/mol. The number of ketones is 1. The first-order valence-corrected chi connectivity index (χ1v) is 6.30. The zero-order valence-electron chi connectivity index (χ0n) is 11.3. The van der Waals surface area contributed by atoms with Crippen molar-refractivity contribution in [3.8, 4) is 0 Å². The maximum atomic E-state index is 12.0. The van der Waals surface area contributed by atoms with Gasteiger partial charge >= 0.3 is 11.9 Å². The van der Waals surface area contributed by atoms with Crippen LogP contribution >= 0.6 is 0 Å². The van der Waals surface area contributed by atoms with Crippen LogP contribution in [-0.2, 0) is 19.1 Å². The smallest absolute Gasteiger partial charge is 0.319 e. The van der Waals surface area contributed by atoms with E-state index < -0.39 is 17.4 Å². The number of carbonyl (C=O) groups excluding carboxylic acids is 2. The minimum Gasteiger partial charge on any atom is -0.481 e. The molecule has 0 aromatic heterocycles. The Kier molecular flexibility index (Phi) is 7.24. The van der Waals surface area contributed by atoms with Crippen molar-refractivity contribution in [1.29, 1.82) is 0 Å². The number of hydrogen-bond acceptors (Lipinski definition) is 4. The fraction of sp³-hybridized carbons (Fsp3) is 0.769. The van der Waals surface area contributed by atoms with Crippen molar-refractivity contribution in [2.24, 2.45) is 5.41 Å². The third kappa shape index (κ3) is 4.47. The Bertz CT molecular complexity index is 311. The van der Waals surface area contributed by atoms with Gasteiger partial charge in [0.1, 0.15) is 11.2 Å². The quantitative estimate of drug-likeness (QED) is 0.506. The molecule has 1 N–H and O–H groups in total. The Balaban J connectivity index is 5.07. The van der Waals surface area contributed by atoms with E-state index in [0.717, 1.165) is 6.42 Å². The SMILES string of the molecule is CCCCC(CCC(=O)O)(C(C)=O)C(=O)OCC. The molecule has 1 unspecified atom stereocenters. The first-order valence-electron chi connectivity index (χ1n) is 6.30. The number of carbonyl (C=O) groups is 3. The van der Waals surface area contributed by atoms with Gasteiger partial charge in [-0.3, -0.25) is 14.4 Å². The molecule has 0 aliphatic rings. The Morgan fingerprint density at radius 3 is 2.17 bits per heavy atom. The van der Waals surface area contributed by atoms with Crippen LogP contribution in [0.2, 0.25) is 0 Å². The number of ether oxygens (including phenoxy) is 1. The first-order chi connectivity index (χ1) is 8.40. The van der Waals surface area contributed by atoms with Crippen molar-refractivity contribution < 1.29 is 24.2 Å². The summed E-state index contributed by atoms with van der Waals surface area (Å²) in [5.74, 6) is -1.91. The van der Waals surface area contributed by atoms with Crippen molar-refractivity contribution in [2.75, 3.05) is 6.61 Å². The summed E-state index contributed by atoms with van der Waals surface area (Å²) in [4.78, 5) is 34.5. The molecule has 0 saturated heterocycles. The van der Waals surface area contributed by atoms with Gasteiger partial charge in [-0.15, -0.1) is 0 Å². The van der Waals surface area contributed by atoms with Crippen molar-refractivity contribution >= 4 is 17.7 Å². The number of Topliss-reactive ketones (excluding diaryl/α,β-unsaturated/α-hetero) is 1. The molecule has 0 heterocycles. The standard InChI is InChI=1S/C13H22O5/c1-4-6-8-13(10(3)14,9-7-11(15)16)12(17)18-5-2/h4-9H2,1-3H3,(H,15,16). The van der Waals surface area contributed by atoms with E-state index in [2.05, 4.69) is 0 Å². The predicted octanol–water partition coefficient (Wildman–Crippen LogP) is 2.18. The van der Waals surface area contributed by atoms with Gasteiger partial charge in [-0.05, 0) is 26.7 Å². The van der Waals surface area contributed by atoms with E-state index in [0.29, 0.717) is 12.8 Å². The molecule has 0 amide bonds. The van der Waals surface area contributed by atoms with Gasteiger partial charge in [0.05, 0.1) is 6.61 Å². The Morgan fingerprint density at radius 1 is 1.17 bits per heavy atom. The summed E-state index contributed by atoms with van der Waals surface area (Å²) in [6.07, 6.45) is 1.68. The van der Waals surface area contributed by atoms with E-state index in [1.165, 1.54) is 6.92 Å². The fourth-order valence-corrected chi connectivity index (χ4v) is 1.89. The highest BCUT2D eigenvalue weighted by atomic mass is 16.5. The molecule has 0 saturated carbocycles. The summed E-state index contributed by atoms with van der Waals surface area (Å²) in [5, 5.41) is 8.73. The van der Waals surface area contributed by atoms with E-state index in [9.17, 15) is 14.4 Å². The van der Waals surface area contributed by atoms with Gasteiger partial charge in [0.15, 0.2) is 0 Å². The summed E-state index contributed by atoms with van der Waals surface area (Å²) < 4.78 is 4.95. The van der Waals surface area contributed by atoms with Crippen molar-refractivity contribution in [3.05, 3.63) is 0 Å². The molecule has 0 aromatic rings. The number of unbranched alkanes of at least 4 members (excludes halogenated alkanes) is 1. The molecule has 0 radical (unpaired) electrons. The molecule has 0 aromatic carbocycles. The second kappa shape index (κ2) is 7.84. The summed E-state index contributed by atoms with van der Waals surface area (Å²) >= 11 is 0. The molecule has 0 fully saturated rings. The van der Waals surface area contributed by atoms with E-state index in [1.54, 1.807) is 6.92 Å². The van der Waals surface area contributed by atoms with Crippen LogP contribution in [0.5, 0.6) is 0 Å². The van der Waals surface area contributed by atoms with Gasteiger partial charge in [0.25, 0.3) is 0 Å². The number of carboxylic acid groups (broad SMARTS) is 1. The summed E-state index contributed by atoms with van der Waals surface area (Å²) in [7, 11) is 0. The number of hydrogen-bond donors (Lipinski definition) is 1. The lowest BCUT2D eigenvalue weighted by Crippen LogP contribution is -2.40. The highest BCUT2D eigenvalue weighted by Crippen LogP contribution is 2.33. The Hall–Kier alpha value is -1.39. The van der Waals surface area contributed by atoms with Crippen LogP contribution in [0, 0.1) is 5.41 Å². The zero-order chi connectivity index (χ0) is 14.2. The maximum Gasteiger partial charge on any atom is 0.319 e. The van der Waals surface area contributed by atoms with Crippen LogP contribution in [0.1, 0.15) is 52.9 Å². The zero-order valence-corrected chi connectivity index (χ0v) is 11.3. The third-order valence-corrected chi connectivity index (χ3v) is 3.06. The topological polar surface area (TPSA) is 80.7 Å². The maximum absolute atomic E-state index is 12.0. The fourth-order valence-electron chi connectivity index (χ4n) is 1.89. The minimum absolute atomic E-state index is 0.0104. The van der Waals surface area contributed by atoms with E-state index >= 15 is 0 Å².